The zero-order valence-electron chi connectivity index (χ0n) is 9.12. The first-order valence-electron chi connectivity index (χ1n) is 4.93. The van der Waals surface area contributed by atoms with Crippen LogP contribution in [0.5, 0.6) is 0 Å². The third kappa shape index (κ3) is 3.32. The van der Waals surface area contributed by atoms with Gasteiger partial charge >= 0.3 is 0 Å². The molecule has 1 aromatic carbocycles. The second-order valence-corrected chi connectivity index (χ2v) is 4.53. The van der Waals surface area contributed by atoms with Crippen molar-refractivity contribution in [2.45, 2.75) is 0 Å². The molecule has 1 heterocycles. The molecule has 0 aliphatic heterocycles. The van der Waals surface area contributed by atoms with Gasteiger partial charge in [0.2, 0.25) is 5.28 Å². The summed E-state index contributed by atoms with van der Waals surface area (Å²) in [7, 11) is 0. The zero-order chi connectivity index (χ0) is 14.0. The lowest BCUT2D eigenvalue weighted by molar-refractivity contribution is 0.102. The number of nitrogens with one attached hydrogen (secondary N) is 1. The number of benzene rings is 1. The van der Waals surface area contributed by atoms with Crippen molar-refractivity contribution in [3.63, 3.8) is 0 Å². The predicted octanol–water partition coefficient (Wildman–Crippen LogP) is 3.83. The number of carbonyl (C=O) groups is 1. The third-order valence-corrected chi connectivity index (χ3v) is 2.76. The van der Waals surface area contributed by atoms with Crippen LogP contribution in [0.25, 0.3) is 0 Å². The maximum atomic E-state index is 13.6. The first-order chi connectivity index (χ1) is 8.97. The normalized spacial score (nSPS) is 10.3. The quantitative estimate of drug-likeness (QED) is 0.676. The van der Waals surface area contributed by atoms with Crippen molar-refractivity contribution in [1.29, 1.82) is 0 Å². The van der Waals surface area contributed by atoms with Crippen LogP contribution in [0.1, 0.15) is 10.4 Å². The molecule has 8 heteroatoms. The highest BCUT2D eigenvalue weighted by atomic mass is 35.5. The summed E-state index contributed by atoms with van der Waals surface area (Å²) in [5.74, 6) is -1.46. The maximum Gasteiger partial charge on any atom is 0.259 e. The second-order valence-electron chi connectivity index (χ2n) is 3.40. The van der Waals surface area contributed by atoms with Crippen LogP contribution < -0.4 is 5.32 Å². The number of hydrogen-bond donors (Lipinski definition) is 1. The molecule has 1 amide bonds. The summed E-state index contributed by atoms with van der Waals surface area (Å²) in [6.45, 7) is 0. The van der Waals surface area contributed by atoms with E-state index >= 15 is 0 Å². The Balaban J connectivity index is 2.28. The molecule has 0 saturated heterocycles. The van der Waals surface area contributed by atoms with Crippen molar-refractivity contribution in [2.24, 2.45) is 0 Å². The molecule has 0 spiro atoms. The van der Waals surface area contributed by atoms with E-state index in [0.717, 1.165) is 0 Å². The first kappa shape index (κ1) is 14.0. The molecule has 98 valence electrons. The molecule has 0 saturated carbocycles. The van der Waals surface area contributed by atoms with E-state index in [1.165, 1.54) is 24.3 Å². The third-order valence-electron chi connectivity index (χ3n) is 2.11. The highest BCUT2D eigenvalue weighted by Gasteiger charge is 2.15. The number of aromatic nitrogens is 2. The first-order valence-corrected chi connectivity index (χ1v) is 6.06. The van der Waals surface area contributed by atoms with Crippen LogP contribution in [0.15, 0.2) is 24.3 Å². The number of rotatable bonds is 2. The molecule has 1 N–H and O–H groups in total. The van der Waals surface area contributed by atoms with Gasteiger partial charge in [-0.3, -0.25) is 4.79 Å². The van der Waals surface area contributed by atoms with Crippen LogP contribution in [0.3, 0.4) is 0 Å². The molecule has 19 heavy (non-hydrogen) atoms. The highest BCUT2D eigenvalue weighted by molar-refractivity contribution is 6.32. The van der Waals surface area contributed by atoms with Gasteiger partial charge in [-0.05, 0) is 23.7 Å². The summed E-state index contributed by atoms with van der Waals surface area (Å²) in [5, 5.41) is 2.13. The Morgan fingerprint density at radius 1 is 1.21 bits per heavy atom. The Morgan fingerprint density at radius 3 is 2.63 bits per heavy atom. The molecular weight excluding hydrogens is 315 g/mol. The fourth-order valence-corrected chi connectivity index (χ4v) is 1.90. The van der Waals surface area contributed by atoms with Gasteiger partial charge in [0.15, 0.2) is 5.82 Å². The fourth-order valence-electron chi connectivity index (χ4n) is 1.32. The van der Waals surface area contributed by atoms with Crippen molar-refractivity contribution in [2.75, 3.05) is 5.32 Å². The lowest BCUT2D eigenvalue weighted by Gasteiger charge is -2.06. The van der Waals surface area contributed by atoms with E-state index in [-0.39, 0.29) is 26.8 Å². The smallest absolute Gasteiger partial charge is 0.259 e. The van der Waals surface area contributed by atoms with Crippen LogP contribution in [-0.2, 0) is 0 Å². The van der Waals surface area contributed by atoms with E-state index in [9.17, 15) is 9.18 Å². The molecule has 0 aliphatic rings. The van der Waals surface area contributed by atoms with Gasteiger partial charge < -0.3 is 5.32 Å². The summed E-state index contributed by atoms with van der Waals surface area (Å²) in [5.41, 5.74) is -0.210. The minimum Gasteiger partial charge on any atom is -0.306 e. The van der Waals surface area contributed by atoms with Gasteiger partial charge in [0.1, 0.15) is 11.0 Å². The lowest BCUT2D eigenvalue weighted by atomic mass is 10.2. The van der Waals surface area contributed by atoms with E-state index in [2.05, 4.69) is 15.3 Å². The Hall–Kier alpha value is -1.43. The van der Waals surface area contributed by atoms with Crippen LogP contribution in [0.2, 0.25) is 15.5 Å². The average Bonchev–Trinajstić information content (AvgIpc) is 2.31. The molecule has 0 atom stereocenters. The van der Waals surface area contributed by atoms with Gasteiger partial charge in [0.25, 0.3) is 5.91 Å². The van der Waals surface area contributed by atoms with Crippen molar-refractivity contribution < 1.29 is 9.18 Å². The molecule has 1 aromatic heterocycles. The Bertz CT molecular complexity index is 631. The van der Waals surface area contributed by atoms with Crippen molar-refractivity contribution >= 4 is 46.5 Å². The van der Waals surface area contributed by atoms with Gasteiger partial charge in [-0.25, -0.2) is 14.4 Å². The monoisotopic (exact) mass is 319 g/mol. The SMILES string of the molecule is O=C(Nc1cc(Cl)nc(Cl)n1)c1cccc(Cl)c1F. The number of nitrogens with zero attached hydrogens (tertiary/aromatic N) is 2. The largest absolute Gasteiger partial charge is 0.306 e. The minimum atomic E-state index is -0.812. The van der Waals surface area contributed by atoms with E-state index in [1.54, 1.807) is 0 Å². The molecule has 0 radical (unpaired) electrons. The van der Waals surface area contributed by atoms with Crippen molar-refractivity contribution in [3.05, 3.63) is 51.1 Å². The number of amides is 1. The van der Waals surface area contributed by atoms with Crippen LogP contribution in [-0.4, -0.2) is 15.9 Å². The van der Waals surface area contributed by atoms with E-state index in [1.807, 2.05) is 0 Å². The van der Waals surface area contributed by atoms with Gasteiger partial charge in [-0.2, -0.15) is 0 Å². The molecular formula is C11H5Cl3FN3O. The molecule has 0 aliphatic carbocycles. The number of carbonyl (C=O) groups excluding carboxylic acids is 1. The fraction of sp³-hybridized carbons (Fsp3) is 0. The van der Waals surface area contributed by atoms with Crippen LogP contribution in [0.4, 0.5) is 10.2 Å². The number of hydrogen-bond acceptors (Lipinski definition) is 3. The molecule has 2 aromatic rings. The van der Waals surface area contributed by atoms with Crippen LogP contribution in [0, 0.1) is 5.82 Å². The molecule has 2 rings (SSSR count). The van der Waals surface area contributed by atoms with E-state index in [4.69, 9.17) is 34.8 Å². The standard InChI is InChI=1S/C11H5Cl3FN3O/c12-6-3-1-2-5(9(6)15)10(19)17-8-4-7(13)16-11(14)18-8/h1-4H,(H,16,17,18,19). The average molecular weight is 321 g/mol. The predicted molar refractivity (Wildman–Crippen MR) is 71.4 cm³/mol. The van der Waals surface area contributed by atoms with Crippen LogP contribution >= 0.6 is 34.8 Å². The molecule has 0 unspecified atom stereocenters. The summed E-state index contributed by atoms with van der Waals surface area (Å²) in [6.07, 6.45) is 0. The number of halogens is 4. The maximum absolute atomic E-state index is 13.6. The lowest BCUT2D eigenvalue weighted by Crippen LogP contribution is -2.15. The van der Waals surface area contributed by atoms with E-state index < -0.39 is 11.7 Å². The molecule has 0 fully saturated rings. The van der Waals surface area contributed by atoms with Gasteiger partial charge in [-0.15, -0.1) is 0 Å². The topological polar surface area (TPSA) is 54.9 Å². The highest BCUT2D eigenvalue weighted by Crippen LogP contribution is 2.20. The summed E-state index contributed by atoms with van der Waals surface area (Å²) >= 11 is 16.8. The zero-order valence-corrected chi connectivity index (χ0v) is 11.4. The minimum absolute atomic E-state index is 0.0573. The Kier molecular flexibility index (Phi) is 4.19. The van der Waals surface area contributed by atoms with Crippen molar-refractivity contribution in [1.82, 2.24) is 9.97 Å². The summed E-state index contributed by atoms with van der Waals surface area (Å²) < 4.78 is 13.6. The summed E-state index contributed by atoms with van der Waals surface area (Å²) in [6, 6.07) is 5.38. The Labute approximate surface area is 122 Å². The number of anilines is 1. The molecule has 0 bridgehead atoms. The van der Waals surface area contributed by atoms with Gasteiger partial charge in [0.05, 0.1) is 10.6 Å². The Morgan fingerprint density at radius 2 is 1.95 bits per heavy atom. The van der Waals surface area contributed by atoms with Gasteiger partial charge in [-0.1, -0.05) is 29.3 Å². The second kappa shape index (κ2) is 5.69. The van der Waals surface area contributed by atoms with E-state index in [0.29, 0.717) is 0 Å². The summed E-state index contributed by atoms with van der Waals surface area (Å²) in [4.78, 5) is 19.2. The molecule has 4 nitrogen and oxygen atoms in total. The van der Waals surface area contributed by atoms with Gasteiger partial charge in [0, 0.05) is 6.07 Å². The van der Waals surface area contributed by atoms with Crippen molar-refractivity contribution in [3.8, 4) is 0 Å².